The summed E-state index contributed by atoms with van der Waals surface area (Å²) in [4.78, 5) is 4.43. The van der Waals surface area contributed by atoms with E-state index in [1.165, 1.54) is 85.9 Å². The number of hydrogen-bond donors (Lipinski definition) is 0. The normalized spacial score (nSPS) is 11.9. The second-order valence-corrected chi connectivity index (χ2v) is 13.0. The summed E-state index contributed by atoms with van der Waals surface area (Å²) in [7, 11) is 0. The second-order valence-electron chi connectivity index (χ2n) is 12.0. The van der Waals surface area contributed by atoms with Crippen molar-refractivity contribution in [1.82, 2.24) is 9.55 Å². The van der Waals surface area contributed by atoms with E-state index in [1.54, 1.807) is 0 Å². The summed E-state index contributed by atoms with van der Waals surface area (Å²) < 4.78 is 5.06. The summed E-state index contributed by atoms with van der Waals surface area (Å²) in [5, 5.41) is 10.2. The van der Waals surface area contributed by atoms with Gasteiger partial charge >= 0.3 is 0 Å². The fourth-order valence-electron chi connectivity index (χ4n) is 7.37. The number of rotatable bonds is 3. The molecule has 0 radical (unpaired) electrons. The van der Waals surface area contributed by atoms with Gasteiger partial charge in [-0.05, 0) is 87.3 Å². The van der Waals surface area contributed by atoms with E-state index >= 15 is 0 Å². The van der Waals surface area contributed by atoms with Gasteiger partial charge in [0, 0.05) is 60.2 Å². The van der Waals surface area contributed by atoms with Gasteiger partial charge in [-0.3, -0.25) is 4.98 Å². The maximum absolute atomic E-state index is 4.43. The molecule has 0 aliphatic rings. The van der Waals surface area contributed by atoms with Crippen LogP contribution in [-0.4, -0.2) is 9.55 Å². The number of pyridine rings is 1. The maximum Gasteiger partial charge on any atom is 0.0547 e. The average Bonchev–Trinajstić information content (AvgIpc) is 3.66. The monoisotopic (exact) mass is 602 g/mol. The van der Waals surface area contributed by atoms with E-state index in [-0.39, 0.29) is 0 Å². The van der Waals surface area contributed by atoms with E-state index < -0.39 is 0 Å². The molecule has 0 saturated carbocycles. The van der Waals surface area contributed by atoms with Crippen molar-refractivity contribution in [3.8, 4) is 27.9 Å². The molecule has 0 aliphatic carbocycles. The summed E-state index contributed by atoms with van der Waals surface area (Å²) in [6.07, 6.45) is 3.79. The smallest absolute Gasteiger partial charge is 0.0547 e. The van der Waals surface area contributed by atoms with Gasteiger partial charge in [-0.1, -0.05) is 91.0 Å². The molecule has 0 atom stereocenters. The molecule has 0 N–H and O–H groups in total. The molecule has 0 fully saturated rings. The van der Waals surface area contributed by atoms with Gasteiger partial charge in [0.15, 0.2) is 0 Å². The molecular weight excluding hydrogens is 577 g/mol. The van der Waals surface area contributed by atoms with Crippen LogP contribution in [0, 0.1) is 0 Å². The first-order valence-corrected chi connectivity index (χ1v) is 16.4. The molecule has 214 valence electrons. The lowest BCUT2D eigenvalue weighted by Crippen LogP contribution is -1.93. The van der Waals surface area contributed by atoms with E-state index in [1.807, 2.05) is 29.8 Å². The largest absolute Gasteiger partial charge is 0.309 e. The van der Waals surface area contributed by atoms with Crippen molar-refractivity contribution in [3.05, 3.63) is 158 Å². The molecule has 0 aliphatic heterocycles. The Bertz CT molecular complexity index is 2790. The minimum absolute atomic E-state index is 1.12. The van der Waals surface area contributed by atoms with E-state index in [0.717, 1.165) is 5.56 Å². The van der Waals surface area contributed by atoms with Crippen LogP contribution >= 0.6 is 11.3 Å². The van der Waals surface area contributed by atoms with Crippen LogP contribution in [0.15, 0.2) is 158 Å². The Morgan fingerprint density at radius 2 is 1.28 bits per heavy atom. The zero-order valence-corrected chi connectivity index (χ0v) is 25.6. The standard InChI is InChI=1S/C43H26N2S/c1-2-11-30(12-3-1)45-40-17-6-4-13-32(40)39-25-36-29(24-41(39)45)23-38(37-22-27(19-20-31(36)37)28-10-9-21-44-26-28)35-16-8-15-34-33-14-5-7-18-42(33)46-43(34)35/h1-26H. The first-order chi connectivity index (χ1) is 22.8. The minimum atomic E-state index is 1.12. The second kappa shape index (κ2) is 9.87. The molecule has 46 heavy (non-hydrogen) atoms. The molecule has 0 amide bonds. The highest BCUT2D eigenvalue weighted by atomic mass is 32.1. The van der Waals surface area contributed by atoms with Crippen molar-refractivity contribution in [2.75, 3.05) is 0 Å². The number of nitrogens with zero attached hydrogens (tertiary/aromatic N) is 2. The molecule has 10 aromatic rings. The van der Waals surface area contributed by atoms with Gasteiger partial charge < -0.3 is 4.57 Å². The summed E-state index contributed by atoms with van der Waals surface area (Å²) in [6.45, 7) is 0. The van der Waals surface area contributed by atoms with Crippen molar-refractivity contribution in [2.45, 2.75) is 0 Å². The molecule has 3 heteroatoms. The van der Waals surface area contributed by atoms with Crippen molar-refractivity contribution in [3.63, 3.8) is 0 Å². The van der Waals surface area contributed by atoms with E-state index in [0.29, 0.717) is 0 Å². The Hall–Kier alpha value is -5.77. The number of hydrogen-bond acceptors (Lipinski definition) is 2. The molecule has 0 saturated heterocycles. The van der Waals surface area contributed by atoms with Gasteiger partial charge in [0.1, 0.15) is 0 Å². The highest BCUT2D eigenvalue weighted by Crippen LogP contribution is 2.45. The van der Waals surface area contributed by atoms with E-state index in [2.05, 4.69) is 149 Å². The third-order valence-corrected chi connectivity index (χ3v) is 10.7. The van der Waals surface area contributed by atoms with Crippen LogP contribution in [0.4, 0.5) is 0 Å². The van der Waals surface area contributed by atoms with Crippen molar-refractivity contribution in [1.29, 1.82) is 0 Å². The summed E-state index contributed by atoms with van der Waals surface area (Å²) in [5.74, 6) is 0. The number of benzene rings is 7. The lowest BCUT2D eigenvalue weighted by Gasteiger charge is -2.15. The molecule has 3 heterocycles. The molecule has 3 aromatic heterocycles. The number of aromatic nitrogens is 2. The SMILES string of the molecule is c1ccc(-n2c3ccccc3c3cc4c(cc(-c5cccc6c5sc5ccccc56)c5cc(-c6cccnc6)ccc54)cc32)cc1. The topological polar surface area (TPSA) is 17.8 Å². The van der Waals surface area contributed by atoms with Crippen LogP contribution in [-0.2, 0) is 0 Å². The van der Waals surface area contributed by atoms with Gasteiger partial charge in [0.25, 0.3) is 0 Å². The number of para-hydroxylation sites is 2. The van der Waals surface area contributed by atoms with Crippen LogP contribution in [0.5, 0.6) is 0 Å². The predicted octanol–water partition coefficient (Wildman–Crippen LogP) is 12.2. The summed E-state index contributed by atoms with van der Waals surface area (Å²) in [6, 6.07) is 53.4. The van der Waals surface area contributed by atoms with Gasteiger partial charge in [0.2, 0.25) is 0 Å². The van der Waals surface area contributed by atoms with Gasteiger partial charge in [-0.2, -0.15) is 0 Å². The molecule has 2 nitrogen and oxygen atoms in total. The van der Waals surface area contributed by atoms with Crippen molar-refractivity contribution in [2.24, 2.45) is 0 Å². The Morgan fingerprint density at radius 1 is 0.457 bits per heavy atom. The highest BCUT2D eigenvalue weighted by Gasteiger charge is 2.18. The third kappa shape index (κ3) is 3.73. The van der Waals surface area contributed by atoms with Crippen molar-refractivity contribution >= 4 is 74.9 Å². The summed E-state index contributed by atoms with van der Waals surface area (Å²) in [5.41, 5.74) is 8.44. The van der Waals surface area contributed by atoms with Crippen LogP contribution in [0.25, 0.3) is 91.5 Å². The molecule has 10 rings (SSSR count). The zero-order chi connectivity index (χ0) is 30.2. The highest BCUT2D eigenvalue weighted by molar-refractivity contribution is 7.26. The fourth-order valence-corrected chi connectivity index (χ4v) is 8.60. The first kappa shape index (κ1) is 25.5. The van der Waals surface area contributed by atoms with Crippen LogP contribution in [0.1, 0.15) is 0 Å². The molecule has 0 unspecified atom stereocenters. The predicted molar refractivity (Wildman–Crippen MR) is 197 cm³/mol. The Kier molecular flexibility index (Phi) is 5.48. The van der Waals surface area contributed by atoms with Crippen LogP contribution < -0.4 is 0 Å². The van der Waals surface area contributed by atoms with Gasteiger partial charge in [-0.25, -0.2) is 0 Å². The molecular formula is C43H26N2S. The lowest BCUT2D eigenvalue weighted by molar-refractivity contribution is 1.18. The van der Waals surface area contributed by atoms with Gasteiger partial charge in [0.05, 0.1) is 11.0 Å². The van der Waals surface area contributed by atoms with E-state index in [4.69, 9.17) is 0 Å². The van der Waals surface area contributed by atoms with Crippen LogP contribution in [0.2, 0.25) is 0 Å². The van der Waals surface area contributed by atoms with E-state index in [9.17, 15) is 0 Å². The maximum atomic E-state index is 4.43. The lowest BCUT2D eigenvalue weighted by atomic mass is 9.90. The quantitative estimate of drug-likeness (QED) is 0.184. The zero-order valence-electron chi connectivity index (χ0n) is 24.8. The average molecular weight is 603 g/mol. The Balaban J connectivity index is 1.35. The molecule has 7 aromatic carbocycles. The number of thiophene rings is 1. The molecule has 0 bridgehead atoms. The molecule has 0 spiro atoms. The van der Waals surface area contributed by atoms with Crippen LogP contribution in [0.3, 0.4) is 0 Å². The third-order valence-electron chi connectivity index (χ3n) is 9.45. The Labute approximate surface area is 269 Å². The summed E-state index contributed by atoms with van der Waals surface area (Å²) >= 11 is 1.89. The van der Waals surface area contributed by atoms with Gasteiger partial charge in [-0.15, -0.1) is 11.3 Å². The minimum Gasteiger partial charge on any atom is -0.309 e. The number of fused-ring (bicyclic) bond motifs is 9. The fraction of sp³-hybridized carbons (Fsp3) is 0. The first-order valence-electron chi connectivity index (χ1n) is 15.6. The Morgan fingerprint density at radius 3 is 2.17 bits per heavy atom. The van der Waals surface area contributed by atoms with Crippen molar-refractivity contribution < 1.29 is 0 Å².